The van der Waals surface area contributed by atoms with Crippen LogP contribution in [0.25, 0.3) is 22.9 Å². The second-order valence-electron chi connectivity index (χ2n) is 10.9. The molecule has 13 heteroatoms. The number of benzene rings is 1. The molecule has 1 fully saturated rings. The Morgan fingerprint density at radius 1 is 1.11 bits per heavy atom. The zero-order chi connectivity index (χ0) is 30.8. The van der Waals surface area contributed by atoms with Crippen LogP contribution in [0.2, 0.25) is 0 Å². The molecule has 1 aliphatic heterocycles. The van der Waals surface area contributed by atoms with Crippen LogP contribution < -0.4 is 16.4 Å². The van der Waals surface area contributed by atoms with E-state index in [1.807, 2.05) is 16.6 Å². The predicted molar refractivity (Wildman–Crippen MR) is 158 cm³/mol. The van der Waals surface area contributed by atoms with Crippen molar-refractivity contribution in [3.63, 3.8) is 0 Å². The third kappa shape index (κ3) is 6.13. The Hall–Kier alpha value is -4.78. The van der Waals surface area contributed by atoms with Crippen LogP contribution in [0.3, 0.4) is 0 Å². The molecule has 0 unspecified atom stereocenters. The van der Waals surface area contributed by atoms with Crippen LogP contribution in [0, 0.1) is 0 Å². The Morgan fingerprint density at radius 3 is 2.73 bits per heavy atom. The highest BCUT2D eigenvalue weighted by atomic mass is 19.4. The molecule has 3 aromatic heterocycles. The molecule has 6 rings (SSSR count). The molecule has 2 aliphatic rings. The smallest absolute Gasteiger partial charge is 0.382 e. The molecule has 2 atom stereocenters. The zero-order valence-corrected chi connectivity index (χ0v) is 23.6. The number of nitrogens with two attached hydrogens (primary N) is 1. The largest absolute Gasteiger partial charge is 0.416 e. The first-order valence-corrected chi connectivity index (χ1v) is 14.3. The zero-order valence-electron chi connectivity index (χ0n) is 23.6. The van der Waals surface area contributed by atoms with Gasteiger partial charge in [-0.25, -0.2) is 15.0 Å². The van der Waals surface area contributed by atoms with E-state index in [4.69, 9.17) is 15.5 Å². The normalized spacial score (nSPS) is 19.3. The number of carbonyl (C=O) groups is 2. The molecule has 1 aliphatic carbocycles. The van der Waals surface area contributed by atoms with E-state index in [0.29, 0.717) is 42.8 Å². The van der Waals surface area contributed by atoms with Gasteiger partial charge in [-0.1, -0.05) is 18.2 Å². The lowest BCUT2D eigenvalue weighted by Gasteiger charge is -2.14. The summed E-state index contributed by atoms with van der Waals surface area (Å²) >= 11 is 0. The Labute approximate surface area is 250 Å². The maximum absolute atomic E-state index is 13.1. The standard InChI is InChI=1S/C31H30F3N7O3/c32-31(33,34)21-10-12-36-24(16-21)39-30(43)19-6-4-18(5-7-19)26-27-28(35)37-17-23-3-1-2-13-44-14-11-25(42)38-22-9-8-20(15-22)29(40-26)41(23)27/h1,3-7,10,12,16-17,20,22H,2,8-9,11,13-15H2,(H2,35,37)(H,38,42)(H,36,39,43)/t20-,22-/m1/s1. The summed E-state index contributed by atoms with van der Waals surface area (Å²) in [5.41, 5.74) is 8.45. The number of aromatic nitrogens is 4. The van der Waals surface area contributed by atoms with Crippen LogP contribution in [-0.4, -0.2) is 50.4 Å². The van der Waals surface area contributed by atoms with E-state index in [-0.39, 0.29) is 35.1 Å². The van der Waals surface area contributed by atoms with Crippen LogP contribution in [0.5, 0.6) is 0 Å². The van der Waals surface area contributed by atoms with Gasteiger partial charge >= 0.3 is 6.18 Å². The molecule has 0 saturated heterocycles. The van der Waals surface area contributed by atoms with E-state index < -0.39 is 17.6 Å². The van der Waals surface area contributed by atoms with Crippen molar-refractivity contribution >= 4 is 35.0 Å². The number of ether oxygens (including phenoxy) is 1. The number of imidazole rings is 1. The van der Waals surface area contributed by atoms with Crippen molar-refractivity contribution in [3.8, 4) is 11.3 Å². The summed E-state index contributed by atoms with van der Waals surface area (Å²) in [4.78, 5) is 38.6. The third-order valence-electron chi connectivity index (χ3n) is 7.84. The molecule has 228 valence electrons. The summed E-state index contributed by atoms with van der Waals surface area (Å²) in [5.74, 6) is 0.311. The van der Waals surface area contributed by atoms with Crippen molar-refractivity contribution < 1.29 is 27.5 Å². The average molecular weight is 606 g/mol. The Balaban J connectivity index is 1.34. The second-order valence-corrected chi connectivity index (χ2v) is 10.9. The van der Waals surface area contributed by atoms with Gasteiger partial charge in [0, 0.05) is 35.7 Å². The number of halogens is 3. The van der Waals surface area contributed by atoms with Gasteiger partial charge in [0.05, 0.1) is 30.7 Å². The topological polar surface area (TPSA) is 137 Å². The highest BCUT2D eigenvalue weighted by Gasteiger charge is 2.33. The monoisotopic (exact) mass is 605 g/mol. The van der Waals surface area contributed by atoms with E-state index in [1.165, 1.54) is 0 Å². The van der Waals surface area contributed by atoms with Gasteiger partial charge < -0.3 is 21.1 Å². The van der Waals surface area contributed by atoms with Gasteiger partial charge in [-0.2, -0.15) is 13.2 Å². The number of fused-ring (bicyclic) bond motifs is 3. The van der Waals surface area contributed by atoms with E-state index in [0.717, 1.165) is 49.1 Å². The number of carbonyl (C=O) groups excluding carboxylic acids is 2. The molecule has 4 heterocycles. The number of hydrogen-bond acceptors (Lipinski definition) is 7. The molecule has 4 aromatic rings. The number of pyridine rings is 1. The summed E-state index contributed by atoms with van der Waals surface area (Å²) in [7, 11) is 0. The lowest BCUT2D eigenvalue weighted by Crippen LogP contribution is -2.33. The maximum atomic E-state index is 13.1. The highest BCUT2D eigenvalue weighted by Crippen LogP contribution is 2.39. The number of nitrogen functional groups attached to an aromatic ring is 1. The Morgan fingerprint density at radius 2 is 1.93 bits per heavy atom. The summed E-state index contributed by atoms with van der Waals surface area (Å²) in [6.45, 7) is 0.851. The molecule has 1 aromatic carbocycles. The van der Waals surface area contributed by atoms with Crippen LogP contribution in [0.15, 0.2) is 54.9 Å². The minimum absolute atomic E-state index is 0.0238. The molecule has 2 amide bonds. The summed E-state index contributed by atoms with van der Waals surface area (Å²) < 4.78 is 46.9. The summed E-state index contributed by atoms with van der Waals surface area (Å²) in [5, 5.41) is 5.54. The fraction of sp³-hybridized carbons (Fsp3) is 0.323. The first-order chi connectivity index (χ1) is 21.2. The number of hydrogen-bond donors (Lipinski definition) is 3. The van der Waals surface area contributed by atoms with Gasteiger partial charge in [-0.05, 0) is 56.0 Å². The molecule has 1 saturated carbocycles. The Kier molecular flexibility index (Phi) is 8.04. The molecular weight excluding hydrogens is 575 g/mol. The Bertz CT molecular complexity index is 1730. The minimum Gasteiger partial charge on any atom is -0.382 e. The van der Waals surface area contributed by atoms with Crippen molar-refractivity contribution in [3.05, 3.63) is 77.5 Å². The van der Waals surface area contributed by atoms with Crippen molar-refractivity contribution in [2.75, 3.05) is 24.3 Å². The lowest BCUT2D eigenvalue weighted by molar-refractivity contribution is -0.137. The number of anilines is 2. The van der Waals surface area contributed by atoms with E-state index in [2.05, 4.69) is 20.6 Å². The average Bonchev–Trinajstić information content (AvgIpc) is 3.62. The van der Waals surface area contributed by atoms with Crippen molar-refractivity contribution in [2.45, 2.75) is 50.2 Å². The van der Waals surface area contributed by atoms with E-state index >= 15 is 0 Å². The highest BCUT2D eigenvalue weighted by molar-refractivity contribution is 6.04. The van der Waals surface area contributed by atoms with Gasteiger partial charge in [0.15, 0.2) is 0 Å². The van der Waals surface area contributed by atoms with Gasteiger partial charge in [0.1, 0.15) is 28.7 Å². The minimum atomic E-state index is -4.56. The van der Waals surface area contributed by atoms with Crippen LogP contribution in [0.4, 0.5) is 24.8 Å². The predicted octanol–water partition coefficient (Wildman–Crippen LogP) is 5.22. The molecule has 10 nitrogen and oxygen atoms in total. The van der Waals surface area contributed by atoms with Gasteiger partial charge in [0.25, 0.3) is 5.91 Å². The van der Waals surface area contributed by atoms with Crippen molar-refractivity contribution in [2.24, 2.45) is 0 Å². The summed E-state index contributed by atoms with van der Waals surface area (Å²) in [6, 6.07) is 8.20. The first kappa shape index (κ1) is 29.3. The number of rotatable bonds is 3. The van der Waals surface area contributed by atoms with Crippen LogP contribution in [0.1, 0.15) is 65.5 Å². The molecule has 4 N–H and O–H groups in total. The number of nitrogens with zero attached hydrogens (tertiary/aromatic N) is 4. The number of alkyl halides is 3. The molecule has 0 radical (unpaired) electrons. The third-order valence-corrected chi connectivity index (χ3v) is 7.84. The second kappa shape index (κ2) is 12.1. The maximum Gasteiger partial charge on any atom is 0.416 e. The summed E-state index contributed by atoms with van der Waals surface area (Å²) in [6.07, 6.45) is 5.42. The lowest BCUT2D eigenvalue weighted by atomic mass is 10.1. The molecule has 44 heavy (non-hydrogen) atoms. The molecule has 2 bridgehead atoms. The first-order valence-electron chi connectivity index (χ1n) is 14.3. The number of amides is 2. The van der Waals surface area contributed by atoms with Crippen molar-refractivity contribution in [1.82, 2.24) is 24.7 Å². The van der Waals surface area contributed by atoms with E-state index in [9.17, 15) is 22.8 Å². The fourth-order valence-electron chi connectivity index (χ4n) is 5.69. The molecular formula is C31H30F3N7O3. The van der Waals surface area contributed by atoms with Crippen molar-refractivity contribution in [1.29, 1.82) is 0 Å². The quantitative estimate of drug-likeness (QED) is 0.291. The van der Waals surface area contributed by atoms with Crippen LogP contribution >= 0.6 is 0 Å². The number of nitrogens with one attached hydrogen (secondary N) is 2. The van der Waals surface area contributed by atoms with E-state index in [1.54, 1.807) is 30.5 Å². The van der Waals surface area contributed by atoms with Gasteiger partial charge in [-0.15, -0.1) is 0 Å². The van der Waals surface area contributed by atoms with Crippen LogP contribution in [-0.2, 0) is 15.7 Å². The molecule has 0 spiro atoms. The van der Waals surface area contributed by atoms with Gasteiger partial charge in [0.2, 0.25) is 5.91 Å². The van der Waals surface area contributed by atoms with Gasteiger partial charge in [-0.3, -0.25) is 14.0 Å². The fourth-order valence-corrected chi connectivity index (χ4v) is 5.69. The SMILES string of the molecule is Nc1ncc2n3c(nc(-c4ccc(C(=O)Nc5cc(C(F)(F)F)ccn5)cc4)c13)[C@@H]1CC[C@H](C1)NC(=O)CCOCCC=C2.